The van der Waals surface area contributed by atoms with Gasteiger partial charge in [0.25, 0.3) is 10.0 Å². The van der Waals surface area contributed by atoms with E-state index in [1.165, 1.54) is 5.56 Å². The summed E-state index contributed by atoms with van der Waals surface area (Å²) in [5, 5.41) is 0.293. The number of fused-ring (bicyclic) bond motifs is 1. The van der Waals surface area contributed by atoms with Gasteiger partial charge >= 0.3 is 0 Å². The first kappa shape index (κ1) is 14.5. The molecule has 0 amide bonds. The Morgan fingerprint density at radius 2 is 2.00 bits per heavy atom. The lowest BCUT2D eigenvalue weighted by Gasteiger charge is -2.19. The Labute approximate surface area is 128 Å². The molecule has 1 aromatic heterocycles. The molecule has 1 aliphatic rings. The molecule has 2 aromatic rings. The van der Waals surface area contributed by atoms with Crippen LogP contribution >= 0.6 is 11.3 Å². The van der Waals surface area contributed by atoms with E-state index >= 15 is 0 Å². The van der Waals surface area contributed by atoms with Crippen molar-refractivity contribution in [2.24, 2.45) is 0 Å². The van der Waals surface area contributed by atoms with Crippen molar-refractivity contribution < 1.29 is 8.42 Å². The number of aromatic nitrogens is 1. The molecule has 0 radical (unpaired) electrons. The van der Waals surface area contributed by atoms with Gasteiger partial charge in [-0.2, -0.15) is 4.31 Å². The first-order valence-electron chi connectivity index (χ1n) is 6.78. The fourth-order valence-corrected chi connectivity index (χ4v) is 5.53. The number of thiazole rings is 1. The molecule has 0 aliphatic carbocycles. The van der Waals surface area contributed by atoms with E-state index in [-0.39, 0.29) is 4.21 Å². The summed E-state index contributed by atoms with van der Waals surface area (Å²) in [4.78, 5) is 4.03. The van der Waals surface area contributed by atoms with Crippen LogP contribution in [0.25, 0.3) is 0 Å². The molecule has 7 heteroatoms. The summed E-state index contributed by atoms with van der Waals surface area (Å²) in [6.45, 7) is 2.62. The topological polar surface area (TPSA) is 76.3 Å². The van der Waals surface area contributed by atoms with E-state index in [9.17, 15) is 8.42 Å². The first-order valence-corrected chi connectivity index (χ1v) is 9.04. The number of anilines is 1. The van der Waals surface area contributed by atoms with E-state index in [0.29, 0.717) is 23.9 Å². The highest BCUT2D eigenvalue weighted by Crippen LogP contribution is 2.30. The molecule has 2 N–H and O–H groups in total. The molecule has 0 spiro atoms. The maximum atomic E-state index is 12.8. The van der Waals surface area contributed by atoms with Gasteiger partial charge in [-0.25, -0.2) is 13.4 Å². The number of benzene rings is 1. The first-order chi connectivity index (χ1) is 9.98. The summed E-state index contributed by atoms with van der Waals surface area (Å²) in [6.07, 6.45) is 1.73. The number of nitrogens with two attached hydrogens (primary N) is 1. The molecule has 3 rings (SSSR count). The lowest BCUT2D eigenvalue weighted by atomic mass is 10.0. The van der Waals surface area contributed by atoms with Gasteiger partial charge in [-0.15, -0.1) is 0 Å². The van der Waals surface area contributed by atoms with Crippen molar-refractivity contribution in [1.82, 2.24) is 9.29 Å². The van der Waals surface area contributed by atoms with Gasteiger partial charge in [-0.1, -0.05) is 35.6 Å². The quantitative estimate of drug-likeness (QED) is 0.919. The normalized spacial score (nSPS) is 16.4. The highest BCUT2D eigenvalue weighted by Gasteiger charge is 2.30. The van der Waals surface area contributed by atoms with Gasteiger partial charge in [0, 0.05) is 13.1 Å². The van der Waals surface area contributed by atoms with Crippen molar-refractivity contribution >= 4 is 26.5 Å². The fourth-order valence-electron chi connectivity index (χ4n) is 2.63. The van der Waals surface area contributed by atoms with Gasteiger partial charge in [0.05, 0.1) is 5.69 Å². The third-order valence-corrected chi connectivity index (χ3v) is 7.08. The summed E-state index contributed by atoms with van der Waals surface area (Å²) < 4.78 is 27.5. The fraction of sp³-hybridized carbons (Fsp3) is 0.357. The van der Waals surface area contributed by atoms with Crippen LogP contribution in [0.3, 0.4) is 0 Å². The van der Waals surface area contributed by atoms with Crippen LogP contribution in [-0.2, 0) is 23.0 Å². The predicted molar refractivity (Wildman–Crippen MR) is 83.6 cm³/mol. The zero-order valence-corrected chi connectivity index (χ0v) is 13.4. The van der Waals surface area contributed by atoms with E-state index in [0.717, 1.165) is 29.7 Å². The van der Waals surface area contributed by atoms with Crippen molar-refractivity contribution in [2.75, 3.05) is 12.3 Å². The molecule has 0 saturated heterocycles. The maximum absolute atomic E-state index is 12.8. The minimum atomic E-state index is -3.53. The highest BCUT2D eigenvalue weighted by molar-refractivity contribution is 7.91. The van der Waals surface area contributed by atoms with Crippen molar-refractivity contribution in [1.29, 1.82) is 0 Å². The summed E-state index contributed by atoms with van der Waals surface area (Å²) in [6, 6.07) is 8.01. The summed E-state index contributed by atoms with van der Waals surface area (Å²) >= 11 is 1.04. The maximum Gasteiger partial charge on any atom is 0.254 e. The second-order valence-electron chi connectivity index (χ2n) is 5.14. The number of hydrogen-bond acceptors (Lipinski definition) is 5. The average Bonchev–Trinajstić information content (AvgIpc) is 2.67. The van der Waals surface area contributed by atoms with E-state index < -0.39 is 10.0 Å². The standard InChI is InChI=1S/C14H17N3O2S2/c1-10-13(20-14(15)16-10)21(18,19)17-8-4-7-11-5-2-3-6-12(11)9-17/h2-3,5-6H,4,7-9H2,1H3,(H2,15,16). The second kappa shape index (κ2) is 5.40. The van der Waals surface area contributed by atoms with Crippen LogP contribution in [-0.4, -0.2) is 24.3 Å². The summed E-state index contributed by atoms with van der Waals surface area (Å²) in [5.74, 6) is 0. The van der Waals surface area contributed by atoms with Crippen LogP contribution in [0.4, 0.5) is 5.13 Å². The number of sulfonamides is 1. The predicted octanol–water partition coefficient (Wildman–Crippen LogP) is 2.17. The molecule has 0 unspecified atom stereocenters. The molecule has 0 bridgehead atoms. The molecular weight excluding hydrogens is 306 g/mol. The van der Waals surface area contributed by atoms with Crippen molar-refractivity contribution in [3.63, 3.8) is 0 Å². The SMILES string of the molecule is Cc1nc(N)sc1S(=O)(=O)N1CCCc2ccccc2C1. The Hall–Kier alpha value is -1.44. The largest absolute Gasteiger partial charge is 0.375 e. The van der Waals surface area contributed by atoms with Gasteiger partial charge in [0.15, 0.2) is 9.34 Å². The molecule has 1 aliphatic heterocycles. The highest BCUT2D eigenvalue weighted by atomic mass is 32.2. The Balaban J connectivity index is 1.98. The Kier molecular flexibility index (Phi) is 3.73. The monoisotopic (exact) mass is 323 g/mol. The van der Waals surface area contributed by atoms with Crippen molar-refractivity contribution in [3.8, 4) is 0 Å². The van der Waals surface area contributed by atoms with Gasteiger partial charge in [0.2, 0.25) is 0 Å². The van der Waals surface area contributed by atoms with Crippen molar-refractivity contribution in [3.05, 3.63) is 41.1 Å². The Morgan fingerprint density at radius 1 is 1.29 bits per heavy atom. The number of rotatable bonds is 2. The minimum Gasteiger partial charge on any atom is -0.375 e. The van der Waals surface area contributed by atoms with Gasteiger partial charge in [-0.05, 0) is 30.9 Å². The molecule has 0 saturated carbocycles. The average molecular weight is 323 g/mol. The van der Waals surface area contributed by atoms with Gasteiger partial charge < -0.3 is 5.73 Å². The van der Waals surface area contributed by atoms with E-state index in [1.807, 2.05) is 18.2 Å². The molecule has 112 valence electrons. The van der Waals surface area contributed by atoms with Crippen LogP contribution in [0.15, 0.2) is 28.5 Å². The van der Waals surface area contributed by atoms with E-state index in [4.69, 9.17) is 5.73 Å². The van der Waals surface area contributed by atoms with E-state index in [1.54, 1.807) is 11.2 Å². The third-order valence-electron chi connectivity index (χ3n) is 3.66. The van der Waals surface area contributed by atoms with Crippen LogP contribution < -0.4 is 5.73 Å². The molecular formula is C14H17N3O2S2. The van der Waals surface area contributed by atoms with Crippen LogP contribution in [0.1, 0.15) is 23.2 Å². The smallest absolute Gasteiger partial charge is 0.254 e. The molecule has 1 aromatic carbocycles. The Morgan fingerprint density at radius 3 is 2.67 bits per heavy atom. The van der Waals surface area contributed by atoms with Crippen LogP contribution in [0, 0.1) is 6.92 Å². The molecule has 2 heterocycles. The number of hydrogen-bond donors (Lipinski definition) is 1. The molecule has 5 nitrogen and oxygen atoms in total. The zero-order valence-electron chi connectivity index (χ0n) is 11.7. The van der Waals surface area contributed by atoms with Crippen molar-refractivity contribution in [2.45, 2.75) is 30.5 Å². The lowest BCUT2D eigenvalue weighted by molar-refractivity contribution is 0.411. The number of nitrogens with zero attached hydrogens (tertiary/aromatic N) is 2. The molecule has 0 atom stereocenters. The number of aryl methyl sites for hydroxylation is 2. The van der Waals surface area contributed by atoms with Gasteiger partial charge in [-0.3, -0.25) is 0 Å². The van der Waals surface area contributed by atoms with Gasteiger partial charge in [0.1, 0.15) is 0 Å². The molecule has 21 heavy (non-hydrogen) atoms. The minimum absolute atomic E-state index is 0.263. The molecule has 0 fully saturated rings. The second-order valence-corrected chi connectivity index (χ2v) is 8.30. The Bertz CT molecular complexity index is 768. The van der Waals surface area contributed by atoms with E-state index in [2.05, 4.69) is 11.1 Å². The third kappa shape index (κ3) is 2.68. The number of nitrogen functional groups attached to an aromatic ring is 1. The van der Waals surface area contributed by atoms with Crippen LogP contribution in [0.5, 0.6) is 0 Å². The zero-order chi connectivity index (χ0) is 15.0. The van der Waals surface area contributed by atoms with Crippen LogP contribution in [0.2, 0.25) is 0 Å². The lowest BCUT2D eigenvalue weighted by Crippen LogP contribution is -2.30. The summed E-state index contributed by atoms with van der Waals surface area (Å²) in [7, 11) is -3.53. The summed E-state index contributed by atoms with van der Waals surface area (Å²) in [5.41, 5.74) is 8.43.